The lowest BCUT2D eigenvalue weighted by atomic mass is 9.81. The first-order valence-corrected chi connectivity index (χ1v) is 6.87. The Morgan fingerprint density at radius 1 is 1.35 bits per heavy atom. The van der Waals surface area contributed by atoms with Crippen LogP contribution in [0.3, 0.4) is 0 Å². The number of aliphatic hydroxyl groups excluding tert-OH is 1. The van der Waals surface area contributed by atoms with Crippen molar-refractivity contribution in [3.05, 3.63) is 47.7 Å². The molecular weight excluding hydrogens is 256 g/mol. The highest BCUT2D eigenvalue weighted by molar-refractivity contribution is 5.86. The van der Waals surface area contributed by atoms with E-state index in [1.54, 1.807) is 6.08 Å². The molecule has 1 unspecified atom stereocenters. The highest BCUT2D eigenvalue weighted by Gasteiger charge is 2.36. The Balaban J connectivity index is 2.36. The minimum Gasteiger partial charge on any atom is -0.463 e. The molecule has 0 aliphatic carbocycles. The van der Waals surface area contributed by atoms with Crippen molar-refractivity contribution in [2.45, 2.75) is 32.0 Å². The van der Waals surface area contributed by atoms with Crippen LogP contribution in [0.25, 0.3) is 0 Å². The molecule has 20 heavy (non-hydrogen) atoms. The summed E-state index contributed by atoms with van der Waals surface area (Å²) in [6, 6.07) is 9.84. The average Bonchev–Trinajstić information content (AvgIpc) is 2.49. The largest absolute Gasteiger partial charge is 0.463 e. The first kappa shape index (κ1) is 14.6. The van der Waals surface area contributed by atoms with E-state index in [2.05, 4.69) is 11.7 Å². The Bertz CT molecular complexity index is 481. The summed E-state index contributed by atoms with van der Waals surface area (Å²) < 4.78 is 9.97. The summed E-state index contributed by atoms with van der Waals surface area (Å²) in [7, 11) is 1.30. The molecule has 1 N–H and O–H groups in total. The maximum Gasteiger partial charge on any atom is 0.373 e. The smallest absolute Gasteiger partial charge is 0.373 e. The Hall–Kier alpha value is -1.81. The third kappa shape index (κ3) is 3.02. The number of esters is 1. The van der Waals surface area contributed by atoms with Crippen LogP contribution in [0.15, 0.2) is 42.2 Å². The van der Waals surface area contributed by atoms with E-state index < -0.39 is 12.3 Å². The molecule has 0 amide bonds. The Morgan fingerprint density at radius 2 is 2.05 bits per heavy atom. The lowest BCUT2D eigenvalue weighted by molar-refractivity contribution is -0.157. The van der Waals surface area contributed by atoms with Gasteiger partial charge in [0.2, 0.25) is 12.0 Å². The van der Waals surface area contributed by atoms with Crippen LogP contribution >= 0.6 is 0 Å². The van der Waals surface area contributed by atoms with Crippen LogP contribution in [-0.4, -0.2) is 24.5 Å². The van der Waals surface area contributed by atoms with Gasteiger partial charge in [0, 0.05) is 11.8 Å². The summed E-state index contributed by atoms with van der Waals surface area (Å²) in [5.74, 6) is -0.578. The second kappa shape index (κ2) is 6.57. The molecule has 1 heterocycles. The van der Waals surface area contributed by atoms with E-state index in [-0.39, 0.29) is 17.6 Å². The van der Waals surface area contributed by atoms with E-state index in [0.717, 1.165) is 18.4 Å². The van der Waals surface area contributed by atoms with Gasteiger partial charge in [0.15, 0.2) is 0 Å². The first-order valence-electron chi connectivity index (χ1n) is 6.87. The van der Waals surface area contributed by atoms with Gasteiger partial charge in [-0.3, -0.25) is 0 Å². The lowest BCUT2D eigenvalue weighted by Gasteiger charge is -2.34. The van der Waals surface area contributed by atoms with E-state index in [1.165, 1.54) is 7.11 Å². The van der Waals surface area contributed by atoms with Gasteiger partial charge in [0.1, 0.15) is 0 Å². The summed E-state index contributed by atoms with van der Waals surface area (Å²) in [6.07, 6.45) is 2.54. The van der Waals surface area contributed by atoms with Gasteiger partial charge in [0.05, 0.1) is 7.11 Å². The molecule has 1 aromatic rings. The van der Waals surface area contributed by atoms with E-state index in [1.807, 2.05) is 30.3 Å². The molecule has 4 nitrogen and oxygen atoms in total. The number of hydrogen-bond acceptors (Lipinski definition) is 4. The number of allylic oxidation sites excluding steroid dienone is 1. The number of methoxy groups -OCH3 is 1. The van der Waals surface area contributed by atoms with Crippen LogP contribution in [0.2, 0.25) is 0 Å². The Kier molecular flexibility index (Phi) is 4.79. The van der Waals surface area contributed by atoms with Gasteiger partial charge in [-0.15, -0.1) is 0 Å². The van der Waals surface area contributed by atoms with Gasteiger partial charge in [-0.2, -0.15) is 0 Å². The zero-order valence-corrected chi connectivity index (χ0v) is 11.8. The van der Waals surface area contributed by atoms with Gasteiger partial charge in [0.25, 0.3) is 0 Å². The average molecular weight is 276 g/mol. The van der Waals surface area contributed by atoms with E-state index in [9.17, 15) is 9.90 Å². The number of carbonyl (C=O) groups excluding carboxylic acids is 1. The standard InChI is InChI=1S/C16H20O4/c1-3-7-12-13(11-8-5-4-6-9-11)10-14(16(18)19-2)20-15(12)17/h4-6,8-10,12-13,15,17H,3,7H2,1-2H3/t12-,13-,15?/m1/s1. The molecule has 0 bridgehead atoms. The second-order valence-electron chi connectivity index (χ2n) is 4.92. The minimum atomic E-state index is -0.987. The maximum absolute atomic E-state index is 11.6. The monoisotopic (exact) mass is 276 g/mol. The lowest BCUT2D eigenvalue weighted by Crippen LogP contribution is -2.34. The van der Waals surface area contributed by atoms with Crippen LogP contribution < -0.4 is 0 Å². The number of aliphatic hydroxyl groups is 1. The highest BCUT2D eigenvalue weighted by atomic mass is 16.6. The van der Waals surface area contributed by atoms with Gasteiger partial charge in [-0.25, -0.2) is 4.79 Å². The predicted molar refractivity (Wildman–Crippen MR) is 74.8 cm³/mol. The number of carbonyl (C=O) groups is 1. The maximum atomic E-state index is 11.6. The van der Waals surface area contributed by atoms with Gasteiger partial charge >= 0.3 is 5.97 Å². The molecule has 1 aliphatic rings. The van der Waals surface area contributed by atoms with E-state index in [4.69, 9.17) is 4.74 Å². The van der Waals surface area contributed by atoms with Crippen molar-refractivity contribution in [1.29, 1.82) is 0 Å². The first-order chi connectivity index (χ1) is 9.67. The van der Waals surface area contributed by atoms with Crippen molar-refractivity contribution >= 4 is 5.97 Å². The fraction of sp³-hybridized carbons (Fsp3) is 0.438. The number of benzene rings is 1. The quantitative estimate of drug-likeness (QED) is 0.859. The third-order valence-corrected chi connectivity index (χ3v) is 3.60. The molecule has 0 radical (unpaired) electrons. The molecule has 2 rings (SSSR count). The summed E-state index contributed by atoms with van der Waals surface area (Å²) in [5, 5.41) is 10.2. The van der Waals surface area contributed by atoms with Crippen molar-refractivity contribution in [3.63, 3.8) is 0 Å². The molecule has 0 spiro atoms. The summed E-state index contributed by atoms with van der Waals surface area (Å²) in [5.41, 5.74) is 1.06. The predicted octanol–water partition coefficient (Wildman–Crippen LogP) is 2.59. The molecule has 0 aromatic heterocycles. The van der Waals surface area contributed by atoms with E-state index in [0.29, 0.717) is 0 Å². The fourth-order valence-corrected chi connectivity index (χ4v) is 2.61. The fourth-order valence-electron chi connectivity index (χ4n) is 2.61. The van der Waals surface area contributed by atoms with Gasteiger partial charge in [-0.1, -0.05) is 43.7 Å². The Morgan fingerprint density at radius 3 is 2.65 bits per heavy atom. The van der Waals surface area contributed by atoms with Crippen molar-refractivity contribution in [3.8, 4) is 0 Å². The molecule has 0 saturated carbocycles. The molecule has 3 atom stereocenters. The van der Waals surface area contributed by atoms with Crippen molar-refractivity contribution in [1.82, 2.24) is 0 Å². The molecule has 0 fully saturated rings. The van der Waals surface area contributed by atoms with Crippen molar-refractivity contribution in [2.75, 3.05) is 7.11 Å². The highest BCUT2D eigenvalue weighted by Crippen LogP contribution is 2.37. The zero-order valence-electron chi connectivity index (χ0n) is 11.8. The molecule has 108 valence electrons. The number of ether oxygens (including phenoxy) is 2. The second-order valence-corrected chi connectivity index (χ2v) is 4.92. The third-order valence-electron chi connectivity index (χ3n) is 3.60. The van der Waals surface area contributed by atoms with E-state index >= 15 is 0 Å². The molecular formula is C16H20O4. The van der Waals surface area contributed by atoms with Crippen LogP contribution in [0.4, 0.5) is 0 Å². The van der Waals surface area contributed by atoms with Gasteiger partial charge < -0.3 is 14.6 Å². The van der Waals surface area contributed by atoms with Crippen molar-refractivity contribution in [2.24, 2.45) is 5.92 Å². The van der Waals surface area contributed by atoms with Crippen LogP contribution in [0.1, 0.15) is 31.2 Å². The summed E-state index contributed by atoms with van der Waals surface area (Å²) >= 11 is 0. The molecule has 1 aromatic carbocycles. The number of rotatable bonds is 4. The van der Waals surface area contributed by atoms with Crippen LogP contribution in [-0.2, 0) is 14.3 Å². The topological polar surface area (TPSA) is 55.8 Å². The Labute approximate surface area is 119 Å². The summed E-state index contributed by atoms with van der Waals surface area (Å²) in [4.78, 5) is 11.6. The molecule has 1 aliphatic heterocycles. The zero-order chi connectivity index (χ0) is 14.5. The number of hydrogen-bond donors (Lipinski definition) is 1. The molecule has 4 heteroatoms. The minimum absolute atomic E-state index is 0.0472. The van der Waals surface area contributed by atoms with Crippen LogP contribution in [0, 0.1) is 5.92 Å². The van der Waals surface area contributed by atoms with Crippen LogP contribution in [0.5, 0.6) is 0 Å². The van der Waals surface area contributed by atoms with Gasteiger partial charge in [-0.05, 0) is 18.1 Å². The van der Waals surface area contributed by atoms with Crippen molar-refractivity contribution < 1.29 is 19.4 Å². The molecule has 0 saturated heterocycles. The summed E-state index contributed by atoms with van der Waals surface area (Å²) in [6.45, 7) is 2.06. The normalized spacial score (nSPS) is 25.6. The SMILES string of the molecule is CCC[C@H]1C(O)OC(C(=O)OC)=C[C@@H]1c1ccccc1.